The molecule has 0 unspecified atom stereocenters. The Morgan fingerprint density at radius 2 is 1.60 bits per heavy atom. The topological polar surface area (TPSA) is 105 Å². The number of sulfonamides is 1. The number of nitrogens with zero attached hydrogens (tertiary/aromatic N) is 2. The second-order valence-electron chi connectivity index (χ2n) is 8.94. The van der Waals surface area contributed by atoms with Gasteiger partial charge in [-0.15, -0.1) is 0 Å². The van der Waals surface area contributed by atoms with Crippen molar-refractivity contribution in [2.24, 2.45) is 0 Å². The molecule has 0 fully saturated rings. The van der Waals surface area contributed by atoms with Crippen LogP contribution in [0.25, 0.3) is 0 Å². The molecule has 3 aromatic carbocycles. The number of anilines is 1. The fourth-order valence-corrected chi connectivity index (χ4v) is 5.64. The van der Waals surface area contributed by atoms with E-state index in [4.69, 9.17) is 21.1 Å². The highest BCUT2D eigenvalue weighted by atomic mass is 35.5. The number of halogens is 1. The predicted molar refractivity (Wildman–Crippen MR) is 155 cm³/mol. The molecule has 40 heavy (non-hydrogen) atoms. The minimum Gasteiger partial charge on any atom is -0.493 e. The van der Waals surface area contributed by atoms with Gasteiger partial charge >= 0.3 is 0 Å². The third-order valence-electron chi connectivity index (χ3n) is 6.28. The van der Waals surface area contributed by atoms with Gasteiger partial charge in [0.2, 0.25) is 11.8 Å². The van der Waals surface area contributed by atoms with Crippen molar-refractivity contribution in [2.75, 3.05) is 31.6 Å². The molecule has 0 saturated carbocycles. The summed E-state index contributed by atoms with van der Waals surface area (Å²) in [5.74, 6) is -0.339. The summed E-state index contributed by atoms with van der Waals surface area (Å²) in [6.45, 7) is 3.43. The minimum atomic E-state index is -4.26. The molecule has 0 saturated heterocycles. The van der Waals surface area contributed by atoms with E-state index >= 15 is 0 Å². The fraction of sp³-hybridized carbons (Fsp3) is 0.310. The van der Waals surface area contributed by atoms with Crippen molar-refractivity contribution in [2.45, 2.75) is 37.8 Å². The number of rotatable bonds is 13. The quantitative estimate of drug-likeness (QED) is 0.316. The molecule has 3 rings (SSSR count). The molecule has 0 aliphatic rings. The molecule has 0 aliphatic heterocycles. The maximum atomic E-state index is 14.0. The molecule has 0 aromatic heterocycles. The van der Waals surface area contributed by atoms with Crippen LogP contribution in [0.15, 0.2) is 77.7 Å². The minimum absolute atomic E-state index is 0.0122. The van der Waals surface area contributed by atoms with Gasteiger partial charge in [0.05, 0.1) is 24.8 Å². The van der Waals surface area contributed by atoms with Crippen LogP contribution >= 0.6 is 11.6 Å². The maximum Gasteiger partial charge on any atom is 0.264 e. The van der Waals surface area contributed by atoms with Crippen molar-refractivity contribution in [1.82, 2.24) is 10.2 Å². The zero-order valence-electron chi connectivity index (χ0n) is 23.0. The predicted octanol–water partition coefficient (Wildman–Crippen LogP) is 4.50. The third kappa shape index (κ3) is 7.25. The van der Waals surface area contributed by atoms with Gasteiger partial charge in [-0.05, 0) is 49.2 Å². The van der Waals surface area contributed by atoms with Crippen molar-refractivity contribution in [1.29, 1.82) is 0 Å². The first-order chi connectivity index (χ1) is 19.1. The van der Waals surface area contributed by atoms with Gasteiger partial charge in [0.25, 0.3) is 10.0 Å². The Morgan fingerprint density at radius 3 is 2.23 bits per heavy atom. The van der Waals surface area contributed by atoms with E-state index in [1.165, 1.54) is 37.3 Å². The lowest BCUT2D eigenvalue weighted by Crippen LogP contribution is -2.51. The molecule has 11 heteroatoms. The van der Waals surface area contributed by atoms with Crippen molar-refractivity contribution in [3.05, 3.63) is 83.4 Å². The van der Waals surface area contributed by atoms with Crippen LogP contribution in [0.2, 0.25) is 5.02 Å². The molecule has 0 heterocycles. The fourth-order valence-electron chi connectivity index (χ4n) is 4.02. The molecule has 0 radical (unpaired) electrons. The van der Waals surface area contributed by atoms with E-state index < -0.39 is 28.5 Å². The highest BCUT2D eigenvalue weighted by molar-refractivity contribution is 7.92. The number of nitrogens with one attached hydrogen (secondary N) is 1. The van der Waals surface area contributed by atoms with E-state index in [1.54, 1.807) is 61.5 Å². The van der Waals surface area contributed by atoms with Gasteiger partial charge in [-0.2, -0.15) is 0 Å². The van der Waals surface area contributed by atoms with Gasteiger partial charge in [0.15, 0.2) is 11.5 Å². The van der Waals surface area contributed by atoms with Crippen LogP contribution in [0.3, 0.4) is 0 Å². The molecular formula is C29H34ClN3O6S. The Hall–Kier alpha value is -3.76. The number of methoxy groups -OCH3 is 2. The number of ether oxygens (including phenoxy) is 2. The Kier molecular flexibility index (Phi) is 10.8. The summed E-state index contributed by atoms with van der Waals surface area (Å²) in [5.41, 5.74) is 0.910. The highest BCUT2D eigenvalue weighted by Gasteiger charge is 2.33. The molecule has 1 N–H and O–H groups in total. The molecule has 9 nitrogen and oxygen atoms in total. The first-order valence-corrected chi connectivity index (χ1v) is 14.6. The van der Waals surface area contributed by atoms with E-state index in [9.17, 15) is 18.0 Å². The Morgan fingerprint density at radius 1 is 0.950 bits per heavy atom. The van der Waals surface area contributed by atoms with Crippen molar-refractivity contribution >= 4 is 39.1 Å². The molecule has 0 aliphatic carbocycles. The molecule has 0 bridgehead atoms. The SMILES string of the molecule is CCCNC(=O)[C@H](C)N(Cc1ccccc1Cl)C(=O)CN(c1ccccc1)S(=O)(=O)c1ccc(OC)c(OC)c1. The normalized spacial score (nSPS) is 11.8. The highest BCUT2D eigenvalue weighted by Crippen LogP contribution is 2.32. The Labute approximate surface area is 240 Å². The molecular weight excluding hydrogens is 554 g/mol. The van der Waals surface area contributed by atoms with E-state index in [0.29, 0.717) is 22.9 Å². The van der Waals surface area contributed by atoms with Gasteiger partial charge in [-0.1, -0.05) is 54.9 Å². The number of para-hydroxylation sites is 1. The summed E-state index contributed by atoms with van der Waals surface area (Å²) in [4.78, 5) is 28.1. The summed E-state index contributed by atoms with van der Waals surface area (Å²) < 4.78 is 39.5. The van der Waals surface area contributed by atoms with Gasteiger partial charge in [-0.25, -0.2) is 8.42 Å². The van der Waals surface area contributed by atoms with Gasteiger partial charge in [0.1, 0.15) is 12.6 Å². The maximum absolute atomic E-state index is 14.0. The molecule has 3 aromatic rings. The van der Waals surface area contributed by atoms with Crippen LogP contribution in [0.1, 0.15) is 25.8 Å². The van der Waals surface area contributed by atoms with Crippen LogP contribution in [-0.4, -0.2) is 58.5 Å². The first-order valence-electron chi connectivity index (χ1n) is 12.7. The van der Waals surface area contributed by atoms with Gasteiger partial charge in [-0.3, -0.25) is 13.9 Å². The average molecular weight is 588 g/mol. The summed E-state index contributed by atoms with van der Waals surface area (Å²) >= 11 is 6.38. The van der Waals surface area contributed by atoms with Crippen LogP contribution in [0.4, 0.5) is 5.69 Å². The zero-order valence-corrected chi connectivity index (χ0v) is 24.5. The van der Waals surface area contributed by atoms with Crippen LogP contribution < -0.4 is 19.1 Å². The molecule has 214 valence electrons. The second-order valence-corrected chi connectivity index (χ2v) is 11.2. The number of carbonyl (C=O) groups is 2. The molecule has 2 amide bonds. The summed E-state index contributed by atoms with van der Waals surface area (Å²) in [6, 6.07) is 18.6. The van der Waals surface area contributed by atoms with E-state index in [2.05, 4.69) is 5.32 Å². The Balaban J connectivity index is 2.04. The lowest BCUT2D eigenvalue weighted by molar-refractivity contribution is -0.139. The number of carbonyl (C=O) groups excluding carboxylic acids is 2. The number of hydrogen-bond donors (Lipinski definition) is 1. The van der Waals surface area contributed by atoms with E-state index in [1.807, 2.05) is 6.92 Å². The standard InChI is InChI=1S/C29H34ClN3O6S/c1-5-17-31-29(35)21(2)32(19-22-11-9-10-14-25(22)30)28(34)20-33(23-12-7-6-8-13-23)40(36,37)24-15-16-26(38-3)27(18-24)39-4/h6-16,18,21H,5,17,19-20H2,1-4H3,(H,31,35)/t21-/m0/s1. The summed E-state index contributed by atoms with van der Waals surface area (Å²) in [5, 5.41) is 3.24. The van der Waals surface area contributed by atoms with Crippen molar-refractivity contribution < 1.29 is 27.5 Å². The average Bonchev–Trinajstić information content (AvgIpc) is 2.97. The van der Waals surface area contributed by atoms with Crippen LogP contribution in [0.5, 0.6) is 11.5 Å². The summed E-state index contributed by atoms with van der Waals surface area (Å²) in [7, 11) is -1.40. The lowest BCUT2D eigenvalue weighted by atomic mass is 10.1. The van der Waals surface area contributed by atoms with Crippen LogP contribution in [0, 0.1) is 0 Å². The molecule has 1 atom stereocenters. The van der Waals surface area contributed by atoms with Gasteiger partial charge < -0.3 is 19.7 Å². The first kappa shape index (κ1) is 30.8. The second kappa shape index (κ2) is 14.0. The number of hydrogen-bond acceptors (Lipinski definition) is 6. The largest absolute Gasteiger partial charge is 0.493 e. The summed E-state index contributed by atoms with van der Waals surface area (Å²) in [6.07, 6.45) is 0.724. The van der Waals surface area contributed by atoms with Gasteiger partial charge in [0, 0.05) is 24.2 Å². The lowest BCUT2D eigenvalue weighted by Gasteiger charge is -2.32. The smallest absolute Gasteiger partial charge is 0.264 e. The molecule has 0 spiro atoms. The zero-order chi connectivity index (χ0) is 29.3. The van der Waals surface area contributed by atoms with Crippen molar-refractivity contribution in [3.8, 4) is 11.5 Å². The number of benzene rings is 3. The Bertz CT molecular complexity index is 1420. The van der Waals surface area contributed by atoms with Crippen molar-refractivity contribution in [3.63, 3.8) is 0 Å². The van der Waals surface area contributed by atoms with E-state index in [-0.39, 0.29) is 28.8 Å². The van der Waals surface area contributed by atoms with Crippen LogP contribution in [-0.2, 0) is 26.2 Å². The number of amides is 2. The monoisotopic (exact) mass is 587 g/mol. The van der Waals surface area contributed by atoms with E-state index in [0.717, 1.165) is 10.7 Å². The third-order valence-corrected chi connectivity index (χ3v) is 8.42.